The van der Waals surface area contributed by atoms with Crippen LogP contribution in [0.25, 0.3) is 6.08 Å². The summed E-state index contributed by atoms with van der Waals surface area (Å²) in [6, 6.07) is 0. The smallest absolute Gasteiger partial charge is 0.244 e. The van der Waals surface area contributed by atoms with E-state index in [2.05, 4.69) is 10.4 Å². The van der Waals surface area contributed by atoms with Gasteiger partial charge in [-0.2, -0.15) is 5.10 Å². The highest BCUT2D eigenvalue weighted by molar-refractivity contribution is 6.31. The molecule has 2 N–H and O–H groups in total. The maximum atomic E-state index is 11.5. The molecule has 0 saturated heterocycles. The Balaban J connectivity index is 2.41. The Morgan fingerprint density at radius 2 is 2.32 bits per heavy atom. The second-order valence-electron chi connectivity index (χ2n) is 3.87. The van der Waals surface area contributed by atoms with Crippen molar-refractivity contribution in [2.45, 2.75) is 6.92 Å². The molecule has 0 atom stereocenters. The highest BCUT2D eigenvalue weighted by atomic mass is 35.5. The van der Waals surface area contributed by atoms with Crippen molar-refractivity contribution in [2.75, 3.05) is 26.4 Å². The number of aryl methyl sites for hydroxylation is 2. The number of amides is 1. The minimum Gasteiger partial charge on any atom is -0.394 e. The molecule has 0 aliphatic carbocycles. The van der Waals surface area contributed by atoms with Crippen LogP contribution in [0.1, 0.15) is 11.3 Å². The second-order valence-corrected chi connectivity index (χ2v) is 4.23. The zero-order valence-corrected chi connectivity index (χ0v) is 11.8. The molecule has 0 spiro atoms. The lowest BCUT2D eigenvalue weighted by molar-refractivity contribution is -0.116. The third kappa shape index (κ3) is 5.02. The molecule has 0 fully saturated rings. The summed E-state index contributed by atoms with van der Waals surface area (Å²) in [4.78, 5) is 11.5. The third-order valence-electron chi connectivity index (χ3n) is 2.38. The molecule has 0 saturated carbocycles. The van der Waals surface area contributed by atoms with Gasteiger partial charge in [-0.05, 0) is 13.0 Å². The van der Waals surface area contributed by atoms with E-state index in [-0.39, 0.29) is 19.1 Å². The van der Waals surface area contributed by atoms with Gasteiger partial charge < -0.3 is 15.2 Å². The predicted octanol–water partition coefficient (Wildman–Crippen LogP) is 0.520. The van der Waals surface area contributed by atoms with Gasteiger partial charge in [-0.15, -0.1) is 0 Å². The van der Waals surface area contributed by atoms with Crippen molar-refractivity contribution in [3.05, 3.63) is 22.5 Å². The number of carbonyl (C=O) groups is 1. The van der Waals surface area contributed by atoms with Crippen molar-refractivity contribution in [3.63, 3.8) is 0 Å². The van der Waals surface area contributed by atoms with Crippen LogP contribution >= 0.6 is 11.6 Å². The number of carbonyl (C=O) groups excluding carboxylic acids is 1. The molecule has 1 amide bonds. The summed E-state index contributed by atoms with van der Waals surface area (Å²) in [7, 11) is 1.74. The minimum absolute atomic E-state index is 0.0212. The summed E-state index contributed by atoms with van der Waals surface area (Å²) in [6.07, 6.45) is 3.04. The first-order valence-corrected chi connectivity index (χ1v) is 6.27. The van der Waals surface area contributed by atoms with Crippen molar-refractivity contribution < 1.29 is 14.6 Å². The highest BCUT2D eigenvalue weighted by Crippen LogP contribution is 2.19. The number of hydrogen-bond acceptors (Lipinski definition) is 4. The van der Waals surface area contributed by atoms with Crippen molar-refractivity contribution in [1.29, 1.82) is 0 Å². The number of aliphatic hydroxyl groups is 1. The van der Waals surface area contributed by atoms with Crippen molar-refractivity contribution in [3.8, 4) is 0 Å². The average Bonchev–Trinajstić information content (AvgIpc) is 2.61. The SMILES string of the molecule is Cc1nn(C)c(Cl)c1/C=C/C(=O)NCCOCCO. The van der Waals surface area contributed by atoms with Gasteiger partial charge in [0.15, 0.2) is 0 Å². The number of nitrogens with one attached hydrogen (secondary N) is 1. The van der Waals surface area contributed by atoms with Crippen LogP contribution in [0.2, 0.25) is 5.15 Å². The number of aromatic nitrogens is 2. The van der Waals surface area contributed by atoms with Crippen LogP contribution < -0.4 is 5.32 Å². The number of ether oxygens (including phenoxy) is 1. The molecule has 1 heterocycles. The molecule has 0 aromatic carbocycles. The van der Waals surface area contributed by atoms with Crippen LogP contribution in [0.4, 0.5) is 0 Å². The first-order chi connectivity index (χ1) is 9.06. The quantitative estimate of drug-likeness (QED) is 0.566. The normalized spacial score (nSPS) is 11.2. The van der Waals surface area contributed by atoms with Crippen molar-refractivity contribution >= 4 is 23.6 Å². The Morgan fingerprint density at radius 3 is 2.89 bits per heavy atom. The molecule has 1 aromatic rings. The highest BCUT2D eigenvalue weighted by Gasteiger charge is 2.08. The fraction of sp³-hybridized carbons (Fsp3) is 0.500. The van der Waals surface area contributed by atoms with Gasteiger partial charge in [-0.3, -0.25) is 9.48 Å². The van der Waals surface area contributed by atoms with Crippen LogP contribution in [0.15, 0.2) is 6.08 Å². The number of halogens is 1. The number of nitrogens with zero attached hydrogens (tertiary/aromatic N) is 2. The summed E-state index contributed by atoms with van der Waals surface area (Å²) in [5, 5.41) is 15.8. The van der Waals surface area contributed by atoms with Gasteiger partial charge in [-0.1, -0.05) is 11.6 Å². The largest absolute Gasteiger partial charge is 0.394 e. The summed E-state index contributed by atoms with van der Waals surface area (Å²) >= 11 is 6.03. The number of aliphatic hydroxyl groups excluding tert-OH is 1. The van der Waals surface area contributed by atoms with E-state index in [1.807, 2.05) is 6.92 Å². The summed E-state index contributed by atoms with van der Waals surface area (Å²) in [5.41, 5.74) is 1.50. The molecule has 0 aliphatic heterocycles. The monoisotopic (exact) mass is 287 g/mol. The standard InChI is InChI=1S/C12H18ClN3O3/c1-9-10(12(13)16(2)15-9)3-4-11(18)14-5-7-19-8-6-17/h3-4,17H,5-8H2,1-2H3,(H,14,18)/b4-3+. The average molecular weight is 288 g/mol. The van der Waals surface area contributed by atoms with E-state index in [1.54, 1.807) is 17.8 Å². The molecule has 0 unspecified atom stereocenters. The van der Waals surface area contributed by atoms with Crippen LogP contribution in [-0.2, 0) is 16.6 Å². The Hall–Kier alpha value is -1.37. The Morgan fingerprint density at radius 1 is 1.58 bits per heavy atom. The van der Waals surface area contributed by atoms with Gasteiger partial charge in [0, 0.05) is 25.2 Å². The molecule has 7 heteroatoms. The first-order valence-electron chi connectivity index (χ1n) is 5.90. The Bertz CT molecular complexity index is 457. The Kier molecular flexibility index (Phi) is 6.55. The lowest BCUT2D eigenvalue weighted by Gasteiger charge is -2.02. The van der Waals surface area contributed by atoms with E-state index in [0.717, 1.165) is 11.3 Å². The topological polar surface area (TPSA) is 76.4 Å². The minimum atomic E-state index is -0.230. The fourth-order valence-electron chi connectivity index (χ4n) is 1.47. The summed E-state index contributed by atoms with van der Waals surface area (Å²) in [6.45, 7) is 2.84. The third-order valence-corrected chi connectivity index (χ3v) is 2.83. The first kappa shape index (κ1) is 15.7. The van der Waals surface area contributed by atoms with Crippen LogP contribution in [-0.4, -0.2) is 47.2 Å². The molecule has 1 aromatic heterocycles. The molecule has 106 valence electrons. The van der Waals surface area contributed by atoms with Gasteiger partial charge in [0.1, 0.15) is 5.15 Å². The number of hydrogen-bond donors (Lipinski definition) is 2. The van der Waals surface area contributed by atoms with E-state index in [0.29, 0.717) is 18.3 Å². The van der Waals surface area contributed by atoms with Gasteiger partial charge in [0.25, 0.3) is 0 Å². The van der Waals surface area contributed by atoms with E-state index in [4.69, 9.17) is 21.4 Å². The fourth-order valence-corrected chi connectivity index (χ4v) is 1.70. The zero-order chi connectivity index (χ0) is 14.3. The maximum Gasteiger partial charge on any atom is 0.244 e. The molecular formula is C12H18ClN3O3. The molecule has 0 aliphatic rings. The predicted molar refractivity (Wildman–Crippen MR) is 72.9 cm³/mol. The van der Waals surface area contributed by atoms with Crippen LogP contribution in [0, 0.1) is 6.92 Å². The van der Waals surface area contributed by atoms with E-state index in [1.165, 1.54) is 6.08 Å². The van der Waals surface area contributed by atoms with Gasteiger partial charge in [0.2, 0.25) is 5.91 Å². The van der Waals surface area contributed by atoms with Crippen molar-refractivity contribution in [1.82, 2.24) is 15.1 Å². The van der Waals surface area contributed by atoms with Crippen LogP contribution in [0.5, 0.6) is 0 Å². The molecule has 19 heavy (non-hydrogen) atoms. The van der Waals surface area contributed by atoms with Crippen molar-refractivity contribution in [2.24, 2.45) is 7.05 Å². The lowest BCUT2D eigenvalue weighted by Crippen LogP contribution is -2.25. The van der Waals surface area contributed by atoms with E-state index >= 15 is 0 Å². The Labute approximate surface area is 117 Å². The van der Waals surface area contributed by atoms with Crippen LogP contribution in [0.3, 0.4) is 0 Å². The molecular weight excluding hydrogens is 270 g/mol. The van der Waals surface area contributed by atoms with Gasteiger partial charge >= 0.3 is 0 Å². The van der Waals surface area contributed by atoms with E-state index in [9.17, 15) is 4.79 Å². The molecule has 1 rings (SSSR count). The van der Waals surface area contributed by atoms with Gasteiger partial charge in [-0.25, -0.2) is 0 Å². The maximum absolute atomic E-state index is 11.5. The van der Waals surface area contributed by atoms with E-state index < -0.39 is 0 Å². The lowest BCUT2D eigenvalue weighted by atomic mass is 10.2. The molecule has 0 radical (unpaired) electrons. The summed E-state index contributed by atoms with van der Waals surface area (Å²) < 4.78 is 6.57. The number of rotatable bonds is 7. The zero-order valence-electron chi connectivity index (χ0n) is 11.0. The van der Waals surface area contributed by atoms with Gasteiger partial charge in [0.05, 0.1) is 25.5 Å². The second kappa shape index (κ2) is 7.93. The summed E-state index contributed by atoms with van der Waals surface area (Å²) in [5.74, 6) is -0.230. The molecule has 0 bridgehead atoms. The molecule has 6 nitrogen and oxygen atoms in total.